The van der Waals surface area contributed by atoms with Crippen LogP contribution in [0, 0.1) is 11.6 Å². The van der Waals surface area contributed by atoms with Gasteiger partial charge in [0.2, 0.25) is 5.91 Å². The van der Waals surface area contributed by atoms with Crippen molar-refractivity contribution in [3.8, 4) is 0 Å². The molecule has 126 valence electrons. The molecule has 7 heteroatoms. The summed E-state index contributed by atoms with van der Waals surface area (Å²) in [4.78, 5) is 23.8. The van der Waals surface area contributed by atoms with Gasteiger partial charge in [-0.05, 0) is 37.5 Å². The quantitative estimate of drug-likeness (QED) is 0.814. The molecule has 1 heterocycles. The van der Waals surface area contributed by atoms with Gasteiger partial charge in [-0.15, -0.1) is 0 Å². The van der Waals surface area contributed by atoms with Crippen LogP contribution in [0.1, 0.15) is 37.3 Å². The van der Waals surface area contributed by atoms with Crippen molar-refractivity contribution in [1.29, 1.82) is 0 Å². The topological polar surface area (TPSA) is 64.6 Å². The number of carbonyl (C=O) groups excluding carboxylic acids is 2. The van der Waals surface area contributed by atoms with E-state index in [0.717, 1.165) is 38.2 Å². The van der Waals surface area contributed by atoms with Gasteiger partial charge in [-0.2, -0.15) is 0 Å². The maximum Gasteiger partial charge on any atom is 0.333 e. The molecule has 1 aliphatic heterocycles. The minimum atomic E-state index is -1.38. The van der Waals surface area contributed by atoms with E-state index in [1.165, 1.54) is 0 Å². The summed E-state index contributed by atoms with van der Waals surface area (Å²) in [6.07, 6.45) is 2.54. The first-order chi connectivity index (χ1) is 11.0. The molecule has 0 aliphatic carbocycles. The molecule has 2 rings (SSSR count). The van der Waals surface area contributed by atoms with Gasteiger partial charge in [-0.25, -0.2) is 13.6 Å². The average Bonchev–Trinajstić information content (AvgIpc) is 3.06. The zero-order valence-corrected chi connectivity index (χ0v) is 12.8. The van der Waals surface area contributed by atoms with Crippen molar-refractivity contribution in [2.24, 2.45) is 0 Å². The van der Waals surface area contributed by atoms with Crippen LogP contribution in [-0.4, -0.2) is 31.7 Å². The van der Waals surface area contributed by atoms with Crippen molar-refractivity contribution < 1.29 is 27.8 Å². The SMILES string of the molecule is COC(=O)[C@H](NC(=O)CC[C@@H]1CCCO1)c1cc(F)ccc1F. The number of esters is 1. The molecule has 1 aromatic rings. The highest BCUT2D eigenvalue weighted by Gasteiger charge is 2.27. The number of amides is 1. The van der Waals surface area contributed by atoms with E-state index in [9.17, 15) is 18.4 Å². The molecule has 0 unspecified atom stereocenters. The lowest BCUT2D eigenvalue weighted by Gasteiger charge is -2.18. The van der Waals surface area contributed by atoms with E-state index in [1.807, 2.05) is 0 Å². The second kappa shape index (κ2) is 8.01. The Morgan fingerprint density at radius 3 is 2.87 bits per heavy atom. The normalized spacial score (nSPS) is 18.5. The highest BCUT2D eigenvalue weighted by atomic mass is 19.1. The zero-order valence-electron chi connectivity index (χ0n) is 12.8. The number of nitrogens with one attached hydrogen (secondary N) is 1. The molecule has 1 saturated heterocycles. The van der Waals surface area contributed by atoms with E-state index in [1.54, 1.807) is 0 Å². The maximum atomic E-state index is 13.9. The van der Waals surface area contributed by atoms with Crippen LogP contribution in [0.25, 0.3) is 0 Å². The Balaban J connectivity index is 2.04. The highest BCUT2D eigenvalue weighted by Crippen LogP contribution is 2.21. The third-order valence-corrected chi connectivity index (χ3v) is 3.73. The summed E-state index contributed by atoms with van der Waals surface area (Å²) in [5, 5.41) is 2.40. The Morgan fingerprint density at radius 1 is 1.43 bits per heavy atom. The number of hydrogen-bond acceptors (Lipinski definition) is 4. The Bertz CT molecular complexity index is 573. The smallest absolute Gasteiger partial charge is 0.333 e. The molecule has 0 bridgehead atoms. The first-order valence-electron chi connectivity index (χ1n) is 7.45. The van der Waals surface area contributed by atoms with Gasteiger partial charge in [0.25, 0.3) is 0 Å². The lowest BCUT2D eigenvalue weighted by Crippen LogP contribution is -2.35. The van der Waals surface area contributed by atoms with Gasteiger partial charge in [-0.1, -0.05) is 0 Å². The second-order valence-electron chi connectivity index (χ2n) is 5.36. The predicted molar refractivity (Wildman–Crippen MR) is 77.5 cm³/mol. The molecule has 1 aliphatic rings. The number of rotatable bonds is 6. The van der Waals surface area contributed by atoms with Gasteiger partial charge in [0.1, 0.15) is 11.6 Å². The molecule has 1 amide bonds. The van der Waals surface area contributed by atoms with Crippen LogP contribution in [0.15, 0.2) is 18.2 Å². The van der Waals surface area contributed by atoms with Crippen LogP contribution in [0.5, 0.6) is 0 Å². The monoisotopic (exact) mass is 327 g/mol. The zero-order chi connectivity index (χ0) is 16.8. The minimum absolute atomic E-state index is 0.0308. The van der Waals surface area contributed by atoms with E-state index in [4.69, 9.17) is 4.74 Å². The van der Waals surface area contributed by atoms with E-state index >= 15 is 0 Å². The second-order valence-corrected chi connectivity index (χ2v) is 5.36. The van der Waals surface area contributed by atoms with Crippen LogP contribution in [0.4, 0.5) is 8.78 Å². The molecule has 0 aromatic heterocycles. The maximum absolute atomic E-state index is 13.9. The predicted octanol–water partition coefficient (Wildman–Crippen LogP) is 2.25. The number of hydrogen-bond donors (Lipinski definition) is 1. The minimum Gasteiger partial charge on any atom is -0.467 e. The van der Waals surface area contributed by atoms with Gasteiger partial charge in [0.05, 0.1) is 13.2 Å². The van der Waals surface area contributed by atoms with Crippen molar-refractivity contribution in [1.82, 2.24) is 5.32 Å². The third-order valence-electron chi connectivity index (χ3n) is 3.73. The molecular formula is C16H19F2NO4. The average molecular weight is 327 g/mol. The van der Waals surface area contributed by atoms with Crippen molar-refractivity contribution in [3.63, 3.8) is 0 Å². The molecule has 1 N–H and O–H groups in total. The fraction of sp³-hybridized carbons (Fsp3) is 0.500. The summed E-state index contributed by atoms with van der Waals surface area (Å²) in [5.41, 5.74) is -0.262. The van der Waals surface area contributed by atoms with Crippen molar-refractivity contribution in [2.75, 3.05) is 13.7 Å². The summed E-state index contributed by atoms with van der Waals surface area (Å²) >= 11 is 0. The summed E-state index contributed by atoms with van der Waals surface area (Å²) in [7, 11) is 1.12. The third kappa shape index (κ3) is 4.72. The number of carbonyl (C=O) groups is 2. The molecule has 0 spiro atoms. The number of methoxy groups -OCH3 is 1. The lowest BCUT2D eigenvalue weighted by atomic mass is 10.0. The molecule has 1 aromatic carbocycles. The summed E-state index contributed by atoms with van der Waals surface area (Å²) in [6, 6.07) is 1.33. The Labute approximate surface area is 133 Å². The number of halogens is 2. The van der Waals surface area contributed by atoms with Crippen LogP contribution in [0.2, 0.25) is 0 Å². The fourth-order valence-electron chi connectivity index (χ4n) is 2.51. The molecule has 0 radical (unpaired) electrons. The van der Waals surface area contributed by atoms with Crippen LogP contribution in [0.3, 0.4) is 0 Å². The molecule has 23 heavy (non-hydrogen) atoms. The van der Waals surface area contributed by atoms with Crippen molar-refractivity contribution >= 4 is 11.9 Å². The van der Waals surface area contributed by atoms with Crippen molar-refractivity contribution in [3.05, 3.63) is 35.4 Å². The molecule has 2 atom stereocenters. The van der Waals surface area contributed by atoms with Crippen LogP contribution >= 0.6 is 0 Å². The summed E-state index contributed by atoms with van der Waals surface area (Å²) in [6.45, 7) is 0.686. The van der Waals surface area contributed by atoms with E-state index < -0.39 is 29.6 Å². The van der Waals surface area contributed by atoms with Gasteiger partial charge in [-0.3, -0.25) is 4.79 Å². The lowest BCUT2D eigenvalue weighted by molar-refractivity contribution is -0.145. The van der Waals surface area contributed by atoms with Crippen LogP contribution < -0.4 is 5.32 Å². The molecule has 1 fully saturated rings. The van der Waals surface area contributed by atoms with Gasteiger partial charge < -0.3 is 14.8 Å². The highest BCUT2D eigenvalue weighted by molar-refractivity contribution is 5.85. The van der Waals surface area contributed by atoms with Crippen LogP contribution in [-0.2, 0) is 19.1 Å². The van der Waals surface area contributed by atoms with Crippen molar-refractivity contribution in [2.45, 2.75) is 37.8 Å². The first kappa shape index (κ1) is 17.3. The summed E-state index contributed by atoms with van der Waals surface area (Å²) < 4.78 is 37.2. The number of ether oxygens (including phenoxy) is 2. The van der Waals surface area contributed by atoms with Gasteiger partial charge in [0, 0.05) is 18.6 Å². The Morgan fingerprint density at radius 2 is 2.22 bits per heavy atom. The molecule has 5 nitrogen and oxygen atoms in total. The Hall–Kier alpha value is -2.02. The number of benzene rings is 1. The van der Waals surface area contributed by atoms with E-state index in [2.05, 4.69) is 10.1 Å². The summed E-state index contributed by atoms with van der Waals surface area (Å²) in [5.74, 6) is -2.80. The van der Waals surface area contributed by atoms with Gasteiger partial charge >= 0.3 is 5.97 Å². The largest absolute Gasteiger partial charge is 0.467 e. The Kier molecular flexibility index (Phi) is 6.04. The molecule has 0 saturated carbocycles. The first-order valence-corrected chi connectivity index (χ1v) is 7.45. The van der Waals surface area contributed by atoms with E-state index in [0.29, 0.717) is 13.0 Å². The van der Waals surface area contributed by atoms with Gasteiger partial charge in [0.15, 0.2) is 6.04 Å². The molecular weight excluding hydrogens is 308 g/mol. The van der Waals surface area contributed by atoms with E-state index in [-0.39, 0.29) is 18.1 Å². The standard InChI is InChI=1S/C16H19F2NO4/c1-22-16(21)15(12-9-10(17)4-6-13(12)18)19-14(20)7-5-11-3-2-8-23-11/h4,6,9,11,15H,2-3,5,7-8H2,1H3,(H,19,20)/t11-,15+/m0/s1. The fourth-order valence-corrected chi connectivity index (χ4v) is 2.51.